The van der Waals surface area contributed by atoms with Gasteiger partial charge in [0.2, 0.25) is 11.8 Å². The molecule has 5 atom stereocenters. The van der Waals surface area contributed by atoms with Crippen LogP contribution in [0.1, 0.15) is 19.3 Å². The molecule has 0 bridgehead atoms. The first-order valence-electron chi connectivity index (χ1n) is 10.0. The molecule has 9 heteroatoms. The molecule has 0 spiro atoms. The summed E-state index contributed by atoms with van der Waals surface area (Å²) in [6.07, 6.45) is 2.75. The van der Waals surface area contributed by atoms with E-state index in [1.807, 2.05) is 9.80 Å². The van der Waals surface area contributed by atoms with Gasteiger partial charge in [-0.15, -0.1) is 23.2 Å². The highest BCUT2D eigenvalue weighted by Crippen LogP contribution is 2.28. The summed E-state index contributed by atoms with van der Waals surface area (Å²) in [5, 5.41) is 12.9. The summed E-state index contributed by atoms with van der Waals surface area (Å²) in [4.78, 5) is 30.4. The van der Waals surface area contributed by atoms with Crippen molar-refractivity contribution < 1.29 is 14.7 Å². The van der Waals surface area contributed by atoms with Crippen molar-refractivity contribution >= 4 is 35.0 Å². The number of amides is 2. The zero-order valence-corrected chi connectivity index (χ0v) is 17.6. The molecule has 1 saturated carbocycles. The van der Waals surface area contributed by atoms with E-state index in [1.54, 1.807) is 0 Å². The van der Waals surface area contributed by atoms with Crippen LogP contribution < -0.4 is 5.32 Å². The molecule has 0 aromatic heterocycles. The van der Waals surface area contributed by atoms with Gasteiger partial charge in [-0.25, -0.2) is 0 Å². The Bertz CT molecular complexity index is 586. The van der Waals surface area contributed by atoms with Crippen molar-refractivity contribution in [3.63, 3.8) is 0 Å². The largest absolute Gasteiger partial charge is 0.391 e. The Morgan fingerprint density at radius 1 is 1.07 bits per heavy atom. The normalized spacial score (nSPS) is 34.5. The molecule has 0 aromatic carbocycles. The summed E-state index contributed by atoms with van der Waals surface area (Å²) in [6, 6.07) is 0.162. The van der Waals surface area contributed by atoms with Gasteiger partial charge in [0.05, 0.1) is 23.4 Å². The molecule has 158 valence electrons. The molecule has 2 aliphatic heterocycles. The van der Waals surface area contributed by atoms with Crippen molar-refractivity contribution in [3.8, 4) is 0 Å². The maximum Gasteiger partial charge on any atom is 0.246 e. The Labute approximate surface area is 176 Å². The number of halogens is 2. The molecule has 2 saturated heterocycles. The van der Waals surface area contributed by atoms with E-state index >= 15 is 0 Å². The van der Waals surface area contributed by atoms with Crippen LogP contribution in [0.2, 0.25) is 0 Å². The minimum Gasteiger partial charge on any atom is -0.391 e. The number of likely N-dealkylation sites (tertiary alicyclic amines) is 1. The second-order valence-corrected chi connectivity index (χ2v) is 9.03. The topological polar surface area (TPSA) is 76.1 Å². The van der Waals surface area contributed by atoms with Crippen molar-refractivity contribution in [2.75, 3.05) is 45.8 Å². The van der Waals surface area contributed by atoms with Crippen molar-refractivity contribution in [1.82, 2.24) is 20.0 Å². The lowest BCUT2D eigenvalue weighted by atomic mass is 9.91. The number of alkyl halides is 2. The molecule has 3 aliphatic rings. The van der Waals surface area contributed by atoms with E-state index in [4.69, 9.17) is 23.2 Å². The minimum absolute atomic E-state index is 0.00744. The number of aliphatic hydroxyl groups excluding tert-OH is 1. The van der Waals surface area contributed by atoms with Gasteiger partial charge in [0.25, 0.3) is 0 Å². The Hall–Kier alpha value is -0.860. The molecule has 28 heavy (non-hydrogen) atoms. The molecular formula is C19H30Cl2N4O3. The van der Waals surface area contributed by atoms with E-state index in [0.29, 0.717) is 32.0 Å². The van der Waals surface area contributed by atoms with Crippen molar-refractivity contribution in [2.24, 2.45) is 0 Å². The van der Waals surface area contributed by atoms with Gasteiger partial charge in [-0.05, 0) is 25.3 Å². The maximum atomic E-state index is 12.5. The lowest BCUT2D eigenvalue weighted by Crippen LogP contribution is -2.55. The highest BCUT2D eigenvalue weighted by Gasteiger charge is 2.35. The number of carbonyl (C=O) groups excluding carboxylic acids is 2. The van der Waals surface area contributed by atoms with Crippen LogP contribution in [-0.2, 0) is 9.59 Å². The average molecular weight is 433 g/mol. The summed E-state index contributed by atoms with van der Waals surface area (Å²) in [5.41, 5.74) is 0. The van der Waals surface area contributed by atoms with Gasteiger partial charge in [0, 0.05) is 51.4 Å². The summed E-state index contributed by atoms with van der Waals surface area (Å²) in [7, 11) is 0. The van der Waals surface area contributed by atoms with Crippen molar-refractivity contribution in [1.29, 1.82) is 0 Å². The van der Waals surface area contributed by atoms with Crippen LogP contribution in [-0.4, -0.2) is 106 Å². The van der Waals surface area contributed by atoms with Crippen molar-refractivity contribution in [3.05, 3.63) is 12.7 Å². The van der Waals surface area contributed by atoms with Crippen LogP contribution in [0.4, 0.5) is 0 Å². The lowest BCUT2D eigenvalue weighted by molar-refractivity contribution is -0.132. The van der Waals surface area contributed by atoms with E-state index in [2.05, 4.69) is 16.8 Å². The molecule has 5 unspecified atom stereocenters. The van der Waals surface area contributed by atoms with Crippen LogP contribution in [0.15, 0.2) is 12.7 Å². The predicted octanol–water partition coefficient (Wildman–Crippen LogP) is 0.245. The number of carbonyl (C=O) groups is 2. The molecule has 0 radical (unpaired) electrons. The summed E-state index contributed by atoms with van der Waals surface area (Å²) in [5.74, 6) is 0.0350. The van der Waals surface area contributed by atoms with Crippen LogP contribution in [0.25, 0.3) is 0 Å². The third-order valence-corrected chi connectivity index (χ3v) is 7.24. The number of hydrogen-bond donors (Lipinski definition) is 2. The molecule has 3 rings (SSSR count). The summed E-state index contributed by atoms with van der Waals surface area (Å²) < 4.78 is 0. The fourth-order valence-corrected chi connectivity index (χ4v) is 4.93. The Morgan fingerprint density at radius 2 is 1.75 bits per heavy atom. The van der Waals surface area contributed by atoms with E-state index in [1.165, 1.54) is 6.08 Å². The SMILES string of the molecule is C=CC(=O)N1CCC(N2CCN(C(=O)CNC3CC(Cl)C(Cl)CC3O)CC2)C1. The fraction of sp³-hybridized carbons (Fsp3) is 0.789. The monoisotopic (exact) mass is 432 g/mol. The van der Waals surface area contributed by atoms with Gasteiger partial charge in [0.1, 0.15) is 0 Å². The second-order valence-electron chi connectivity index (χ2n) is 7.91. The predicted molar refractivity (Wildman–Crippen MR) is 110 cm³/mol. The van der Waals surface area contributed by atoms with E-state index in [9.17, 15) is 14.7 Å². The Balaban J connectivity index is 1.39. The number of piperazine rings is 1. The molecule has 3 fully saturated rings. The van der Waals surface area contributed by atoms with Gasteiger partial charge in [-0.3, -0.25) is 14.5 Å². The fourth-order valence-electron chi connectivity index (χ4n) is 4.35. The van der Waals surface area contributed by atoms with E-state index < -0.39 is 6.10 Å². The van der Waals surface area contributed by atoms with Crippen molar-refractivity contribution in [2.45, 2.75) is 48.2 Å². The zero-order valence-electron chi connectivity index (χ0n) is 16.1. The van der Waals surface area contributed by atoms with Crippen LogP contribution in [0.5, 0.6) is 0 Å². The molecule has 2 amide bonds. The minimum atomic E-state index is -0.578. The highest BCUT2D eigenvalue weighted by atomic mass is 35.5. The second kappa shape index (κ2) is 9.76. The first kappa shape index (κ1) is 21.8. The molecule has 1 aliphatic carbocycles. The number of rotatable bonds is 5. The Kier molecular flexibility index (Phi) is 7.61. The Morgan fingerprint density at radius 3 is 2.43 bits per heavy atom. The molecule has 7 nitrogen and oxygen atoms in total. The molecule has 0 aromatic rings. The van der Waals surface area contributed by atoms with Gasteiger partial charge in [-0.1, -0.05) is 6.58 Å². The summed E-state index contributed by atoms with van der Waals surface area (Å²) in [6.45, 7) is 8.25. The number of nitrogens with zero attached hydrogens (tertiary/aromatic N) is 3. The van der Waals surface area contributed by atoms with Gasteiger partial charge < -0.3 is 20.2 Å². The maximum absolute atomic E-state index is 12.5. The third kappa shape index (κ3) is 5.19. The van der Waals surface area contributed by atoms with Crippen LogP contribution in [0.3, 0.4) is 0 Å². The van der Waals surface area contributed by atoms with Gasteiger partial charge in [-0.2, -0.15) is 0 Å². The first-order valence-corrected chi connectivity index (χ1v) is 10.9. The van der Waals surface area contributed by atoms with Gasteiger partial charge >= 0.3 is 0 Å². The molecular weight excluding hydrogens is 403 g/mol. The quantitative estimate of drug-likeness (QED) is 0.480. The zero-order chi connectivity index (χ0) is 20.3. The average Bonchev–Trinajstić information content (AvgIpc) is 3.19. The summed E-state index contributed by atoms with van der Waals surface area (Å²) >= 11 is 12.3. The molecule has 2 heterocycles. The van der Waals surface area contributed by atoms with Crippen LogP contribution in [0, 0.1) is 0 Å². The first-order chi connectivity index (χ1) is 13.4. The van der Waals surface area contributed by atoms with E-state index in [-0.39, 0.29) is 35.2 Å². The van der Waals surface area contributed by atoms with Gasteiger partial charge in [0.15, 0.2) is 0 Å². The molecule has 2 N–H and O–H groups in total. The lowest BCUT2D eigenvalue weighted by Gasteiger charge is -2.38. The smallest absolute Gasteiger partial charge is 0.246 e. The van der Waals surface area contributed by atoms with E-state index in [0.717, 1.165) is 32.6 Å². The van der Waals surface area contributed by atoms with Crippen LogP contribution >= 0.6 is 23.2 Å². The highest BCUT2D eigenvalue weighted by molar-refractivity contribution is 6.30. The number of aliphatic hydroxyl groups is 1. The number of nitrogens with one attached hydrogen (secondary N) is 1. The third-order valence-electron chi connectivity index (χ3n) is 6.15. The standard InChI is InChI=1S/C19H30Cl2N4O3/c1-2-18(27)25-4-3-13(12-25)23-5-7-24(8-6-23)19(28)11-22-16-9-14(20)15(21)10-17(16)26/h2,13-17,22,26H,1,3-12H2. The number of hydrogen-bond acceptors (Lipinski definition) is 5.